The van der Waals surface area contributed by atoms with Crippen molar-refractivity contribution in [2.24, 2.45) is 0 Å². The van der Waals surface area contributed by atoms with Crippen LogP contribution in [0, 0.1) is 0 Å². The van der Waals surface area contributed by atoms with Crippen molar-refractivity contribution in [3.63, 3.8) is 0 Å². The van der Waals surface area contributed by atoms with Crippen LogP contribution in [-0.2, 0) is 11.2 Å². The first-order valence-corrected chi connectivity index (χ1v) is 5.40. The highest BCUT2D eigenvalue weighted by Crippen LogP contribution is 2.24. The second-order valence-electron chi connectivity index (χ2n) is 3.86. The van der Waals surface area contributed by atoms with E-state index in [1.165, 1.54) is 0 Å². The van der Waals surface area contributed by atoms with Crippen LogP contribution in [0.15, 0.2) is 47.3 Å². The van der Waals surface area contributed by atoms with Crippen molar-refractivity contribution in [3.8, 4) is 0 Å². The van der Waals surface area contributed by atoms with E-state index in [-0.39, 0.29) is 12.3 Å². The lowest BCUT2D eigenvalue weighted by Crippen LogP contribution is -2.09. The number of nitrogens with zero attached hydrogens (tertiary/aromatic N) is 1. The van der Waals surface area contributed by atoms with E-state index < -0.39 is 5.97 Å². The molecule has 0 spiro atoms. The highest BCUT2D eigenvalue weighted by atomic mass is 16.4. The van der Waals surface area contributed by atoms with Crippen LogP contribution < -0.4 is 0 Å². The van der Waals surface area contributed by atoms with Crippen molar-refractivity contribution in [3.05, 3.63) is 54.2 Å². The van der Waals surface area contributed by atoms with E-state index in [1.54, 1.807) is 24.7 Å². The Hall–Kier alpha value is -2.10. The predicted octanol–water partition coefficient (Wildman–Crippen LogP) is 2.48. The third kappa shape index (κ3) is 3.17. The van der Waals surface area contributed by atoms with Gasteiger partial charge in [0.2, 0.25) is 0 Å². The third-order valence-corrected chi connectivity index (χ3v) is 2.63. The van der Waals surface area contributed by atoms with E-state index in [1.807, 2.05) is 18.2 Å². The summed E-state index contributed by atoms with van der Waals surface area (Å²) in [6.45, 7) is 0. The monoisotopic (exact) mass is 231 g/mol. The molecule has 0 radical (unpaired) electrons. The SMILES string of the molecule is O=C(O)CC(Cc1ccco1)c1ccncc1. The maximum absolute atomic E-state index is 10.9. The molecular weight excluding hydrogens is 218 g/mol. The summed E-state index contributed by atoms with van der Waals surface area (Å²) in [5, 5.41) is 8.93. The Kier molecular flexibility index (Phi) is 3.55. The fourth-order valence-corrected chi connectivity index (χ4v) is 1.83. The van der Waals surface area contributed by atoms with E-state index in [4.69, 9.17) is 9.52 Å². The van der Waals surface area contributed by atoms with E-state index in [0.717, 1.165) is 11.3 Å². The zero-order valence-electron chi connectivity index (χ0n) is 9.24. The fourth-order valence-electron chi connectivity index (χ4n) is 1.83. The van der Waals surface area contributed by atoms with Gasteiger partial charge in [-0.3, -0.25) is 9.78 Å². The Labute approximate surface area is 98.9 Å². The Bertz CT molecular complexity index is 465. The van der Waals surface area contributed by atoms with Gasteiger partial charge in [-0.2, -0.15) is 0 Å². The Morgan fingerprint density at radius 3 is 2.71 bits per heavy atom. The second-order valence-corrected chi connectivity index (χ2v) is 3.86. The topological polar surface area (TPSA) is 63.3 Å². The first-order valence-electron chi connectivity index (χ1n) is 5.40. The average molecular weight is 231 g/mol. The number of furan rings is 1. The van der Waals surface area contributed by atoms with Gasteiger partial charge in [-0.25, -0.2) is 0 Å². The largest absolute Gasteiger partial charge is 0.481 e. The summed E-state index contributed by atoms with van der Waals surface area (Å²) < 4.78 is 5.26. The number of hydrogen-bond donors (Lipinski definition) is 1. The molecule has 17 heavy (non-hydrogen) atoms. The number of hydrogen-bond acceptors (Lipinski definition) is 3. The standard InChI is InChI=1S/C13H13NO3/c15-13(16)9-11(8-12-2-1-7-17-12)10-3-5-14-6-4-10/h1-7,11H,8-9H2,(H,15,16). The van der Waals surface area contributed by atoms with Crippen molar-refractivity contribution in [2.75, 3.05) is 0 Å². The number of aliphatic carboxylic acids is 1. The van der Waals surface area contributed by atoms with Gasteiger partial charge in [-0.15, -0.1) is 0 Å². The number of carboxylic acid groups (broad SMARTS) is 1. The molecule has 0 fully saturated rings. The predicted molar refractivity (Wildman–Crippen MR) is 61.6 cm³/mol. The van der Waals surface area contributed by atoms with E-state index >= 15 is 0 Å². The van der Waals surface area contributed by atoms with Crippen LogP contribution in [0.1, 0.15) is 23.7 Å². The summed E-state index contributed by atoms with van der Waals surface area (Å²) in [6.07, 6.45) is 5.62. The molecule has 0 aromatic carbocycles. The molecular formula is C13H13NO3. The van der Waals surface area contributed by atoms with Crippen LogP contribution >= 0.6 is 0 Å². The lowest BCUT2D eigenvalue weighted by atomic mass is 9.92. The van der Waals surface area contributed by atoms with Crippen LogP contribution in [0.5, 0.6) is 0 Å². The summed E-state index contributed by atoms with van der Waals surface area (Å²) >= 11 is 0. The minimum Gasteiger partial charge on any atom is -0.481 e. The van der Waals surface area contributed by atoms with Gasteiger partial charge in [0.15, 0.2) is 0 Å². The molecule has 4 heteroatoms. The Morgan fingerprint density at radius 2 is 2.12 bits per heavy atom. The lowest BCUT2D eigenvalue weighted by molar-refractivity contribution is -0.137. The van der Waals surface area contributed by atoms with Gasteiger partial charge in [0.25, 0.3) is 0 Å². The summed E-state index contributed by atoms with van der Waals surface area (Å²) in [5.74, 6) is -0.0897. The van der Waals surface area contributed by atoms with Gasteiger partial charge in [-0.05, 0) is 29.8 Å². The molecule has 2 rings (SSSR count). The summed E-state index contributed by atoms with van der Waals surface area (Å²) in [4.78, 5) is 14.8. The summed E-state index contributed by atoms with van der Waals surface area (Å²) in [5.41, 5.74) is 0.971. The van der Waals surface area contributed by atoms with E-state index in [9.17, 15) is 4.79 Å². The van der Waals surface area contributed by atoms with Gasteiger partial charge in [0, 0.05) is 24.7 Å². The van der Waals surface area contributed by atoms with E-state index in [0.29, 0.717) is 6.42 Å². The molecule has 2 aromatic rings. The normalized spacial score (nSPS) is 12.2. The highest BCUT2D eigenvalue weighted by Gasteiger charge is 2.17. The average Bonchev–Trinajstić information content (AvgIpc) is 2.82. The molecule has 0 aliphatic carbocycles. The molecule has 2 aromatic heterocycles. The van der Waals surface area contributed by atoms with Crippen LogP contribution in [0.3, 0.4) is 0 Å². The Morgan fingerprint density at radius 1 is 1.35 bits per heavy atom. The maximum Gasteiger partial charge on any atom is 0.303 e. The number of aromatic nitrogens is 1. The third-order valence-electron chi connectivity index (χ3n) is 2.63. The molecule has 1 N–H and O–H groups in total. The van der Waals surface area contributed by atoms with Gasteiger partial charge >= 0.3 is 5.97 Å². The molecule has 2 heterocycles. The van der Waals surface area contributed by atoms with E-state index in [2.05, 4.69) is 4.98 Å². The Balaban J connectivity index is 2.16. The molecule has 0 aliphatic heterocycles. The second kappa shape index (κ2) is 5.30. The van der Waals surface area contributed by atoms with Gasteiger partial charge in [0.1, 0.15) is 5.76 Å². The molecule has 1 unspecified atom stereocenters. The number of pyridine rings is 1. The molecule has 4 nitrogen and oxygen atoms in total. The van der Waals surface area contributed by atoms with Gasteiger partial charge in [-0.1, -0.05) is 0 Å². The van der Waals surface area contributed by atoms with Crippen LogP contribution in [0.2, 0.25) is 0 Å². The molecule has 0 saturated heterocycles. The summed E-state index contributed by atoms with van der Waals surface area (Å²) in [6, 6.07) is 7.35. The smallest absolute Gasteiger partial charge is 0.303 e. The minimum atomic E-state index is -0.807. The number of rotatable bonds is 5. The molecule has 1 atom stereocenters. The molecule has 0 saturated carbocycles. The molecule has 0 aliphatic rings. The van der Waals surface area contributed by atoms with Gasteiger partial charge < -0.3 is 9.52 Å². The quantitative estimate of drug-likeness (QED) is 0.858. The van der Waals surface area contributed by atoms with Crippen molar-refractivity contribution in [1.29, 1.82) is 0 Å². The lowest BCUT2D eigenvalue weighted by Gasteiger charge is -2.13. The molecule has 0 amide bonds. The van der Waals surface area contributed by atoms with Crippen molar-refractivity contribution < 1.29 is 14.3 Å². The zero-order chi connectivity index (χ0) is 12.1. The van der Waals surface area contributed by atoms with Crippen LogP contribution in [0.4, 0.5) is 0 Å². The fraction of sp³-hybridized carbons (Fsp3) is 0.231. The van der Waals surface area contributed by atoms with Crippen LogP contribution in [0.25, 0.3) is 0 Å². The van der Waals surface area contributed by atoms with Gasteiger partial charge in [0.05, 0.1) is 12.7 Å². The van der Waals surface area contributed by atoms with Crippen molar-refractivity contribution in [2.45, 2.75) is 18.8 Å². The first kappa shape index (κ1) is 11.4. The van der Waals surface area contributed by atoms with Crippen molar-refractivity contribution >= 4 is 5.97 Å². The highest BCUT2D eigenvalue weighted by molar-refractivity contribution is 5.68. The number of carbonyl (C=O) groups is 1. The van der Waals surface area contributed by atoms with Crippen molar-refractivity contribution in [1.82, 2.24) is 4.98 Å². The maximum atomic E-state index is 10.9. The first-order chi connectivity index (χ1) is 8.25. The summed E-state index contributed by atoms with van der Waals surface area (Å²) in [7, 11) is 0. The zero-order valence-corrected chi connectivity index (χ0v) is 9.24. The number of carboxylic acids is 1. The van der Waals surface area contributed by atoms with Crippen LogP contribution in [-0.4, -0.2) is 16.1 Å². The minimum absolute atomic E-state index is 0.0818. The molecule has 0 bridgehead atoms. The molecule has 88 valence electrons.